The predicted molar refractivity (Wildman–Crippen MR) is 73.6 cm³/mol. The topological polar surface area (TPSA) is 72.8 Å². The van der Waals surface area contributed by atoms with Crippen LogP contribution >= 0.6 is 0 Å². The van der Waals surface area contributed by atoms with Crippen molar-refractivity contribution in [2.75, 3.05) is 13.2 Å². The summed E-state index contributed by atoms with van der Waals surface area (Å²) in [6.45, 7) is 4.10. The molecule has 0 bridgehead atoms. The minimum absolute atomic E-state index is 0.0411. The van der Waals surface area contributed by atoms with Crippen LogP contribution in [0.1, 0.15) is 42.6 Å². The van der Waals surface area contributed by atoms with Gasteiger partial charge >= 0.3 is 11.9 Å². The minimum atomic E-state index is -0.463. The molecule has 5 nitrogen and oxygen atoms in total. The summed E-state index contributed by atoms with van der Waals surface area (Å²) in [7, 11) is 0. The molecule has 1 aromatic carbocycles. The van der Waals surface area contributed by atoms with Gasteiger partial charge in [-0.3, -0.25) is 4.79 Å². The van der Waals surface area contributed by atoms with Gasteiger partial charge in [-0.2, -0.15) is 0 Å². The average molecular weight is 280 g/mol. The predicted octanol–water partition coefficient (Wildman–Crippen LogP) is 2.45. The van der Waals surface area contributed by atoms with Gasteiger partial charge in [-0.25, -0.2) is 4.79 Å². The van der Waals surface area contributed by atoms with E-state index in [-0.39, 0.29) is 24.7 Å². The van der Waals surface area contributed by atoms with Gasteiger partial charge in [-0.1, -0.05) is 6.07 Å². The van der Waals surface area contributed by atoms with E-state index in [9.17, 15) is 14.7 Å². The third kappa shape index (κ3) is 4.57. The van der Waals surface area contributed by atoms with E-state index in [0.717, 1.165) is 0 Å². The Hall–Kier alpha value is -2.04. The fraction of sp³-hybridized carbons (Fsp3) is 0.467. The van der Waals surface area contributed by atoms with Crippen LogP contribution in [0.4, 0.5) is 0 Å². The molecule has 0 fully saturated rings. The van der Waals surface area contributed by atoms with Crippen molar-refractivity contribution in [3.63, 3.8) is 0 Å². The van der Waals surface area contributed by atoms with Gasteiger partial charge in [-0.05, 0) is 38.8 Å². The molecule has 0 saturated heterocycles. The molecule has 0 atom stereocenters. The lowest BCUT2D eigenvalue weighted by molar-refractivity contribution is -0.143. The number of carbonyl (C=O) groups excluding carboxylic acids is 2. The number of hydrogen-bond donors (Lipinski definition) is 1. The normalized spacial score (nSPS) is 10.1. The number of rotatable bonds is 7. The first kappa shape index (κ1) is 16.0. The Balaban J connectivity index is 2.73. The third-order valence-electron chi connectivity index (χ3n) is 2.76. The van der Waals surface area contributed by atoms with E-state index < -0.39 is 5.97 Å². The number of benzene rings is 1. The van der Waals surface area contributed by atoms with Crippen LogP contribution in [-0.4, -0.2) is 30.3 Å². The van der Waals surface area contributed by atoms with Crippen LogP contribution < -0.4 is 0 Å². The molecule has 0 spiro atoms. The van der Waals surface area contributed by atoms with Crippen molar-refractivity contribution >= 4 is 11.9 Å². The number of aromatic hydroxyl groups is 1. The number of carbonyl (C=O) groups is 2. The molecule has 0 aromatic heterocycles. The SMILES string of the molecule is CCOC(=O)CCCc1c(O)cccc1C(=O)OCC. The molecule has 20 heavy (non-hydrogen) atoms. The van der Waals surface area contributed by atoms with Gasteiger partial charge in [0.25, 0.3) is 0 Å². The molecule has 1 aromatic rings. The number of phenolic OH excluding ortho intramolecular Hbond substituents is 1. The van der Waals surface area contributed by atoms with Crippen LogP contribution in [0.15, 0.2) is 18.2 Å². The maximum absolute atomic E-state index is 11.8. The van der Waals surface area contributed by atoms with E-state index >= 15 is 0 Å². The van der Waals surface area contributed by atoms with E-state index in [1.54, 1.807) is 26.0 Å². The van der Waals surface area contributed by atoms with Gasteiger partial charge in [0.15, 0.2) is 0 Å². The molecular weight excluding hydrogens is 260 g/mol. The van der Waals surface area contributed by atoms with Crippen LogP contribution in [0.5, 0.6) is 5.75 Å². The van der Waals surface area contributed by atoms with Gasteiger partial charge in [0.05, 0.1) is 18.8 Å². The first-order chi connectivity index (χ1) is 9.60. The number of phenols is 1. The summed E-state index contributed by atoms with van der Waals surface area (Å²) in [5.41, 5.74) is 0.853. The molecule has 0 radical (unpaired) electrons. The highest BCUT2D eigenvalue weighted by atomic mass is 16.5. The van der Waals surface area contributed by atoms with Crippen LogP contribution in [-0.2, 0) is 20.7 Å². The highest BCUT2D eigenvalue weighted by molar-refractivity contribution is 5.91. The van der Waals surface area contributed by atoms with Gasteiger partial charge in [0.1, 0.15) is 5.75 Å². The van der Waals surface area contributed by atoms with Crippen molar-refractivity contribution in [2.45, 2.75) is 33.1 Å². The zero-order chi connectivity index (χ0) is 15.0. The molecule has 5 heteroatoms. The molecule has 0 amide bonds. The quantitative estimate of drug-likeness (QED) is 0.777. The summed E-state index contributed by atoms with van der Waals surface area (Å²) in [4.78, 5) is 23.1. The Morgan fingerprint density at radius 2 is 1.85 bits per heavy atom. The minimum Gasteiger partial charge on any atom is -0.508 e. The summed E-state index contributed by atoms with van der Waals surface area (Å²) in [5.74, 6) is -0.699. The molecule has 0 aliphatic carbocycles. The first-order valence-electron chi connectivity index (χ1n) is 6.73. The maximum Gasteiger partial charge on any atom is 0.338 e. The molecule has 0 aliphatic rings. The Kier molecular flexibility index (Phi) is 6.56. The summed E-state index contributed by atoms with van der Waals surface area (Å²) >= 11 is 0. The van der Waals surface area contributed by atoms with Gasteiger partial charge in [0.2, 0.25) is 0 Å². The van der Waals surface area contributed by atoms with E-state index in [1.807, 2.05) is 0 Å². The van der Waals surface area contributed by atoms with Crippen molar-refractivity contribution < 1.29 is 24.2 Å². The Morgan fingerprint density at radius 1 is 1.15 bits per heavy atom. The highest BCUT2D eigenvalue weighted by Gasteiger charge is 2.15. The second-order valence-electron chi connectivity index (χ2n) is 4.18. The van der Waals surface area contributed by atoms with E-state index in [2.05, 4.69) is 0 Å². The summed E-state index contributed by atoms with van der Waals surface area (Å²) in [6, 6.07) is 4.72. The highest BCUT2D eigenvalue weighted by Crippen LogP contribution is 2.24. The van der Waals surface area contributed by atoms with Crippen LogP contribution in [0.3, 0.4) is 0 Å². The molecule has 0 heterocycles. The second-order valence-corrected chi connectivity index (χ2v) is 4.18. The largest absolute Gasteiger partial charge is 0.508 e. The zero-order valence-electron chi connectivity index (χ0n) is 11.8. The molecular formula is C15H20O5. The van der Waals surface area contributed by atoms with Gasteiger partial charge in [-0.15, -0.1) is 0 Å². The Bertz CT molecular complexity index is 467. The van der Waals surface area contributed by atoms with E-state index in [1.165, 1.54) is 6.07 Å². The third-order valence-corrected chi connectivity index (χ3v) is 2.76. The van der Waals surface area contributed by atoms with Crippen molar-refractivity contribution in [3.8, 4) is 5.75 Å². The van der Waals surface area contributed by atoms with Crippen molar-refractivity contribution in [2.24, 2.45) is 0 Å². The molecule has 1 N–H and O–H groups in total. The molecule has 110 valence electrons. The van der Waals surface area contributed by atoms with Crippen LogP contribution in [0.25, 0.3) is 0 Å². The van der Waals surface area contributed by atoms with E-state index in [0.29, 0.717) is 30.6 Å². The average Bonchev–Trinajstić information content (AvgIpc) is 2.41. The summed E-state index contributed by atoms with van der Waals surface area (Å²) < 4.78 is 9.78. The van der Waals surface area contributed by atoms with Crippen LogP contribution in [0.2, 0.25) is 0 Å². The molecule has 1 rings (SSSR count). The molecule has 0 aliphatic heterocycles. The zero-order valence-corrected chi connectivity index (χ0v) is 11.8. The second kappa shape index (κ2) is 8.19. The van der Waals surface area contributed by atoms with Crippen molar-refractivity contribution in [3.05, 3.63) is 29.3 Å². The fourth-order valence-corrected chi connectivity index (χ4v) is 1.88. The molecule has 0 unspecified atom stereocenters. The fourth-order valence-electron chi connectivity index (χ4n) is 1.88. The smallest absolute Gasteiger partial charge is 0.338 e. The standard InChI is InChI=1S/C15H20O5/c1-3-19-14(17)10-6-7-11-12(15(18)20-4-2)8-5-9-13(11)16/h5,8-9,16H,3-4,6-7,10H2,1-2H3. The monoisotopic (exact) mass is 280 g/mol. The number of hydrogen-bond acceptors (Lipinski definition) is 5. The van der Waals surface area contributed by atoms with Crippen LogP contribution in [0, 0.1) is 0 Å². The lowest BCUT2D eigenvalue weighted by Gasteiger charge is -2.10. The van der Waals surface area contributed by atoms with Crippen molar-refractivity contribution in [1.29, 1.82) is 0 Å². The number of ether oxygens (including phenoxy) is 2. The maximum atomic E-state index is 11.8. The Morgan fingerprint density at radius 3 is 2.50 bits per heavy atom. The summed E-state index contributed by atoms with van der Waals surface area (Å²) in [5, 5.41) is 9.85. The first-order valence-corrected chi connectivity index (χ1v) is 6.73. The number of esters is 2. The van der Waals surface area contributed by atoms with Gasteiger partial charge in [0, 0.05) is 12.0 Å². The Labute approximate surface area is 118 Å². The lowest BCUT2D eigenvalue weighted by Crippen LogP contribution is -2.09. The van der Waals surface area contributed by atoms with Gasteiger partial charge < -0.3 is 14.6 Å². The lowest BCUT2D eigenvalue weighted by atomic mass is 10.0. The van der Waals surface area contributed by atoms with Crippen molar-refractivity contribution in [1.82, 2.24) is 0 Å². The molecule has 0 saturated carbocycles. The summed E-state index contributed by atoms with van der Waals surface area (Å²) in [6.07, 6.45) is 1.17. The van der Waals surface area contributed by atoms with E-state index in [4.69, 9.17) is 9.47 Å².